The molecule has 0 radical (unpaired) electrons. The topological polar surface area (TPSA) is 98.7 Å². The fourth-order valence-corrected chi connectivity index (χ4v) is 4.27. The zero-order chi connectivity index (χ0) is 16.8. The molecule has 6 nitrogen and oxygen atoms in total. The number of aliphatic hydroxyl groups excluding tert-OH is 2. The zero-order valence-electron chi connectivity index (χ0n) is 12.3. The maximum absolute atomic E-state index is 12.5. The molecule has 0 heterocycles. The highest BCUT2D eigenvalue weighted by Gasteiger charge is 2.29. The van der Waals surface area contributed by atoms with Crippen LogP contribution in [0.25, 0.3) is 0 Å². The van der Waals surface area contributed by atoms with Gasteiger partial charge in [-0.05, 0) is 12.5 Å². The summed E-state index contributed by atoms with van der Waals surface area (Å²) < 4.78 is 27.4. The van der Waals surface area contributed by atoms with Crippen molar-refractivity contribution in [3.63, 3.8) is 0 Å². The van der Waals surface area contributed by atoms with E-state index in [2.05, 4.69) is 10.0 Å². The molecule has 0 aliphatic heterocycles. The Labute approximate surface area is 141 Å². The van der Waals surface area contributed by atoms with Crippen molar-refractivity contribution in [1.29, 1.82) is 0 Å². The Morgan fingerprint density at radius 2 is 2.09 bits per heavy atom. The lowest BCUT2D eigenvalue weighted by Crippen LogP contribution is -2.52. The van der Waals surface area contributed by atoms with Gasteiger partial charge in [-0.25, -0.2) is 13.1 Å². The molecule has 0 spiro atoms. The maximum Gasteiger partial charge on any atom is 0.242 e. The number of sulfonamides is 1. The smallest absolute Gasteiger partial charge is 0.242 e. The van der Waals surface area contributed by atoms with Crippen LogP contribution in [0.15, 0.2) is 22.1 Å². The maximum atomic E-state index is 12.5. The number of rotatable bonds is 9. The lowest BCUT2D eigenvalue weighted by atomic mass is 10.1. The molecular weight excluding hydrogens is 348 g/mol. The van der Waals surface area contributed by atoms with E-state index in [-0.39, 0.29) is 29.0 Å². The van der Waals surface area contributed by atoms with Crippen LogP contribution in [0, 0.1) is 0 Å². The molecule has 0 aromatic heterocycles. The quantitative estimate of drug-likeness (QED) is 0.440. The van der Waals surface area contributed by atoms with Crippen molar-refractivity contribution >= 4 is 38.7 Å². The van der Waals surface area contributed by atoms with Crippen LogP contribution in [-0.2, 0) is 10.0 Å². The van der Waals surface area contributed by atoms with E-state index in [1.807, 2.05) is 6.92 Å². The molecule has 1 rings (SSSR count). The number of nitrogens with one attached hydrogen (secondary N) is 2. The van der Waals surface area contributed by atoms with Crippen LogP contribution in [0.2, 0.25) is 0 Å². The molecule has 1 aliphatic rings. The lowest BCUT2D eigenvalue weighted by Gasteiger charge is -2.27. The first-order valence-electron chi connectivity index (χ1n) is 6.93. The van der Waals surface area contributed by atoms with Crippen LogP contribution in [0.4, 0.5) is 0 Å². The molecule has 126 valence electrons. The summed E-state index contributed by atoms with van der Waals surface area (Å²) in [6.45, 7) is 1.72. The molecule has 9 heteroatoms. The van der Waals surface area contributed by atoms with E-state index >= 15 is 0 Å². The van der Waals surface area contributed by atoms with E-state index in [9.17, 15) is 13.5 Å². The Kier molecular flexibility index (Phi) is 8.12. The van der Waals surface area contributed by atoms with Gasteiger partial charge in [0.1, 0.15) is 0 Å². The Bertz CT molecular complexity index is 560. The van der Waals surface area contributed by atoms with Crippen LogP contribution in [0.1, 0.15) is 19.8 Å². The fourth-order valence-electron chi connectivity index (χ4n) is 2.11. The minimum Gasteiger partial charge on any atom is -0.395 e. The Morgan fingerprint density at radius 3 is 2.64 bits per heavy atom. The second-order valence-corrected chi connectivity index (χ2v) is 7.44. The van der Waals surface area contributed by atoms with E-state index in [1.54, 1.807) is 6.08 Å². The number of halogens is 1. The largest absolute Gasteiger partial charge is 0.395 e. The molecule has 22 heavy (non-hydrogen) atoms. The molecule has 0 saturated carbocycles. The van der Waals surface area contributed by atoms with Crippen molar-refractivity contribution in [2.75, 3.05) is 19.8 Å². The van der Waals surface area contributed by atoms with Crippen LogP contribution >= 0.6 is 23.8 Å². The van der Waals surface area contributed by atoms with Gasteiger partial charge in [-0.15, -0.1) is 0 Å². The molecule has 0 aromatic rings. The highest BCUT2D eigenvalue weighted by molar-refractivity contribution is 7.96. The Hall–Kier alpha value is -0.350. The number of thiocarbonyl (C=S) groups is 1. The predicted molar refractivity (Wildman–Crippen MR) is 91.3 cm³/mol. The van der Waals surface area contributed by atoms with Gasteiger partial charge in [0.25, 0.3) is 0 Å². The molecule has 0 bridgehead atoms. The van der Waals surface area contributed by atoms with Gasteiger partial charge in [-0.3, -0.25) is 0 Å². The minimum absolute atomic E-state index is 0.0366. The van der Waals surface area contributed by atoms with E-state index in [0.29, 0.717) is 24.4 Å². The monoisotopic (exact) mass is 368 g/mol. The summed E-state index contributed by atoms with van der Waals surface area (Å²) in [5, 5.41) is 21.7. The van der Waals surface area contributed by atoms with Crippen molar-refractivity contribution in [1.82, 2.24) is 10.0 Å². The van der Waals surface area contributed by atoms with Crippen molar-refractivity contribution < 1.29 is 18.6 Å². The summed E-state index contributed by atoms with van der Waals surface area (Å²) >= 11 is 10.9. The summed E-state index contributed by atoms with van der Waals surface area (Å²) in [6, 6.07) is -1.04. The number of allylic oxidation sites excluding steroid dienone is 4. The molecule has 0 fully saturated rings. The SMILES string of the molecule is CCC(NCCO)[C@@H](CO)NS(=O)(=O)C1=CC(Cl)=CCC1=S. The molecule has 0 saturated heterocycles. The molecule has 4 N–H and O–H groups in total. The summed E-state index contributed by atoms with van der Waals surface area (Å²) in [7, 11) is -3.87. The van der Waals surface area contributed by atoms with Crippen LogP contribution in [0.5, 0.6) is 0 Å². The number of hydrogen-bond acceptors (Lipinski definition) is 6. The molecule has 1 unspecified atom stereocenters. The van der Waals surface area contributed by atoms with E-state index in [4.69, 9.17) is 28.9 Å². The Morgan fingerprint density at radius 1 is 1.41 bits per heavy atom. The van der Waals surface area contributed by atoms with Gasteiger partial charge in [0.15, 0.2) is 0 Å². The van der Waals surface area contributed by atoms with Gasteiger partial charge in [0, 0.05) is 28.9 Å². The highest BCUT2D eigenvalue weighted by Crippen LogP contribution is 2.22. The zero-order valence-corrected chi connectivity index (χ0v) is 14.6. The predicted octanol–water partition coefficient (Wildman–Crippen LogP) is 0.407. The molecule has 0 aromatic carbocycles. The first-order valence-corrected chi connectivity index (χ1v) is 9.20. The summed E-state index contributed by atoms with van der Waals surface area (Å²) in [4.78, 5) is 0.246. The fraction of sp³-hybridized carbons (Fsp3) is 0.615. The Balaban J connectivity index is 2.93. The second kappa shape index (κ2) is 9.07. The van der Waals surface area contributed by atoms with Gasteiger partial charge < -0.3 is 15.5 Å². The molecular formula is C13H21ClN2O4S2. The number of hydrogen-bond donors (Lipinski definition) is 4. The van der Waals surface area contributed by atoms with Gasteiger partial charge in [-0.2, -0.15) is 0 Å². The first-order chi connectivity index (χ1) is 10.4. The number of aliphatic hydroxyl groups is 2. The third-order valence-corrected chi connectivity index (χ3v) is 5.60. The second-order valence-electron chi connectivity index (χ2n) is 4.83. The third-order valence-electron chi connectivity index (χ3n) is 3.26. The minimum atomic E-state index is -3.87. The highest BCUT2D eigenvalue weighted by atomic mass is 35.5. The first kappa shape index (κ1) is 19.7. The van der Waals surface area contributed by atoms with Crippen LogP contribution < -0.4 is 10.0 Å². The van der Waals surface area contributed by atoms with E-state index in [0.717, 1.165) is 0 Å². The van der Waals surface area contributed by atoms with Crippen molar-refractivity contribution in [2.45, 2.75) is 31.8 Å². The third kappa shape index (κ3) is 5.38. The summed E-state index contributed by atoms with van der Waals surface area (Å²) in [6.07, 6.45) is 3.83. The average molecular weight is 369 g/mol. The van der Waals surface area contributed by atoms with Gasteiger partial charge >= 0.3 is 0 Å². The average Bonchev–Trinajstić information content (AvgIpc) is 2.48. The lowest BCUT2D eigenvalue weighted by molar-refractivity contribution is 0.213. The van der Waals surface area contributed by atoms with Gasteiger partial charge in [-0.1, -0.05) is 36.8 Å². The summed E-state index contributed by atoms with van der Waals surface area (Å²) in [5.74, 6) is 0. The van der Waals surface area contributed by atoms with E-state index in [1.165, 1.54) is 6.08 Å². The van der Waals surface area contributed by atoms with Gasteiger partial charge in [0.2, 0.25) is 10.0 Å². The molecule has 2 atom stereocenters. The van der Waals surface area contributed by atoms with E-state index < -0.39 is 16.1 Å². The van der Waals surface area contributed by atoms with Crippen molar-refractivity contribution in [2.24, 2.45) is 0 Å². The summed E-state index contributed by atoms with van der Waals surface area (Å²) in [5.41, 5.74) is 0. The molecule has 1 aliphatic carbocycles. The van der Waals surface area contributed by atoms with Crippen LogP contribution in [-0.4, -0.2) is 55.3 Å². The molecule has 0 amide bonds. The van der Waals surface area contributed by atoms with Crippen molar-refractivity contribution in [3.8, 4) is 0 Å². The standard InChI is InChI=1S/C13H21ClN2O4S2/c1-2-10(15-5-6-17)11(8-18)16-22(19,20)13-7-9(14)3-4-12(13)21/h3,7,10-11,15-18H,2,4-6,8H2,1H3/t10?,11-/m1/s1. The van der Waals surface area contributed by atoms with Crippen LogP contribution in [0.3, 0.4) is 0 Å². The van der Waals surface area contributed by atoms with Gasteiger partial charge in [0.05, 0.1) is 24.2 Å². The normalized spacial score (nSPS) is 18.6. The van der Waals surface area contributed by atoms with Crippen molar-refractivity contribution in [3.05, 3.63) is 22.1 Å².